The number of methoxy groups -OCH3 is 1. The Morgan fingerprint density at radius 1 is 1.26 bits per heavy atom. The van der Waals surface area contributed by atoms with Crippen LogP contribution in [0.2, 0.25) is 0 Å². The Morgan fingerprint density at radius 3 is 2.65 bits per heavy atom. The highest BCUT2D eigenvalue weighted by molar-refractivity contribution is 5.88. The average molecular weight is 316 g/mol. The first kappa shape index (κ1) is 16.3. The summed E-state index contributed by atoms with van der Waals surface area (Å²) in [5.74, 6) is 1.01. The second-order valence-corrected chi connectivity index (χ2v) is 6.49. The molecule has 0 saturated carbocycles. The third kappa shape index (κ3) is 3.24. The predicted molar refractivity (Wildman–Crippen MR) is 94.1 cm³/mol. The van der Waals surface area contributed by atoms with Gasteiger partial charge in [-0.3, -0.25) is 4.90 Å². The van der Waals surface area contributed by atoms with Gasteiger partial charge in [0.05, 0.1) is 18.7 Å². The highest BCUT2D eigenvalue weighted by Gasteiger charge is 2.22. The van der Waals surface area contributed by atoms with Gasteiger partial charge in [0.2, 0.25) is 0 Å². The van der Waals surface area contributed by atoms with Gasteiger partial charge in [0.25, 0.3) is 0 Å². The molecular weight excluding hydrogens is 288 g/mol. The van der Waals surface area contributed by atoms with Gasteiger partial charge >= 0.3 is 0 Å². The minimum Gasteiger partial charge on any atom is -0.496 e. The quantitative estimate of drug-likeness (QED) is 0.845. The summed E-state index contributed by atoms with van der Waals surface area (Å²) in [6.45, 7) is 8.19. The van der Waals surface area contributed by atoms with Gasteiger partial charge in [-0.1, -0.05) is 0 Å². The number of nitrogens with zero attached hydrogens (tertiary/aromatic N) is 2. The first-order chi connectivity index (χ1) is 11.1. The number of piperidine rings is 1. The molecule has 4 nitrogen and oxygen atoms in total. The third-order valence-corrected chi connectivity index (χ3v) is 4.95. The van der Waals surface area contributed by atoms with Crippen molar-refractivity contribution in [1.82, 2.24) is 9.47 Å². The molecule has 0 atom stereocenters. The molecule has 0 N–H and O–H groups in total. The number of rotatable bonds is 5. The first-order valence-corrected chi connectivity index (χ1v) is 8.59. The monoisotopic (exact) mass is 316 g/mol. The molecule has 23 heavy (non-hydrogen) atoms. The van der Waals surface area contributed by atoms with Crippen molar-refractivity contribution in [2.75, 3.05) is 26.8 Å². The standard InChI is InChI=1S/C19H28N2O2/c1-5-23-15-6-10-21(11-7-15)13-17-16-8-9-20(3)19(16)14(2)12-18(17)22-4/h8-9,12,15H,5-7,10-11,13H2,1-4H3. The van der Waals surface area contributed by atoms with Crippen LogP contribution in [0.25, 0.3) is 10.9 Å². The lowest BCUT2D eigenvalue weighted by molar-refractivity contribution is 0.0125. The van der Waals surface area contributed by atoms with Crippen LogP contribution >= 0.6 is 0 Å². The minimum absolute atomic E-state index is 0.438. The average Bonchev–Trinajstić information content (AvgIpc) is 2.94. The topological polar surface area (TPSA) is 26.6 Å². The molecule has 0 unspecified atom stereocenters. The molecule has 3 rings (SSSR count). The smallest absolute Gasteiger partial charge is 0.124 e. The van der Waals surface area contributed by atoms with Crippen LogP contribution in [0.1, 0.15) is 30.9 Å². The Labute approximate surface area is 139 Å². The normalized spacial score (nSPS) is 17.0. The highest BCUT2D eigenvalue weighted by Crippen LogP contribution is 2.33. The van der Waals surface area contributed by atoms with E-state index in [0.717, 1.165) is 44.8 Å². The molecule has 1 fully saturated rings. The molecule has 0 bridgehead atoms. The molecule has 1 aromatic heterocycles. The summed E-state index contributed by atoms with van der Waals surface area (Å²) in [5.41, 5.74) is 3.89. The highest BCUT2D eigenvalue weighted by atomic mass is 16.5. The largest absolute Gasteiger partial charge is 0.496 e. The maximum Gasteiger partial charge on any atom is 0.124 e. The van der Waals surface area contributed by atoms with Gasteiger partial charge in [-0.05, 0) is 44.4 Å². The Balaban J connectivity index is 1.84. The first-order valence-electron chi connectivity index (χ1n) is 8.59. The van der Waals surface area contributed by atoms with Crippen molar-refractivity contribution in [3.05, 3.63) is 29.5 Å². The van der Waals surface area contributed by atoms with Crippen molar-refractivity contribution in [2.24, 2.45) is 7.05 Å². The van der Waals surface area contributed by atoms with Crippen LogP contribution in [0.4, 0.5) is 0 Å². The lowest BCUT2D eigenvalue weighted by Crippen LogP contribution is -2.36. The van der Waals surface area contributed by atoms with E-state index in [2.05, 4.69) is 48.7 Å². The van der Waals surface area contributed by atoms with Gasteiger partial charge in [-0.15, -0.1) is 0 Å². The SMILES string of the molecule is CCOC1CCN(Cc2c(OC)cc(C)c3c2ccn3C)CC1. The molecule has 4 heteroatoms. The van der Waals surface area contributed by atoms with E-state index < -0.39 is 0 Å². The second kappa shape index (κ2) is 6.93. The van der Waals surface area contributed by atoms with Crippen molar-refractivity contribution in [2.45, 2.75) is 39.3 Å². The molecule has 0 amide bonds. The lowest BCUT2D eigenvalue weighted by Gasteiger charge is -2.32. The van der Waals surface area contributed by atoms with E-state index in [0.29, 0.717) is 6.10 Å². The molecule has 2 aromatic rings. The van der Waals surface area contributed by atoms with E-state index in [1.54, 1.807) is 7.11 Å². The van der Waals surface area contributed by atoms with Crippen LogP contribution in [0.5, 0.6) is 5.75 Å². The van der Waals surface area contributed by atoms with E-state index in [1.807, 2.05) is 0 Å². The van der Waals surface area contributed by atoms with Crippen molar-refractivity contribution in [1.29, 1.82) is 0 Å². The summed E-state index contributed by atoms with van der Waals surface area (Å²) in [6, 6.07) is 4.39. The van der Waals surface area contributed by atoms with Gasteiger partial charge in [0.1, 0.15) is 5.75 Å². The number of aryl methyl sites for hydroxylation is 2. The maximum atomic E-state index is 5.76. The van der Waals surface area contributed by atoms with Crippen LogP contribution in [0.15, 0.2) is 18.3 Å². The van der Waals surface area contributed by atoms with Gasteiger partial charge in [-0.2, -0.15) is 0 Å². The summed E-state index contributed by atoms with van der Waals surface area (Å²) in [7, 11) is 3.88. The molecule has 1 saturated heterocycles. The molecule has 0 radical (unpaired) electrons. The number of aromatic nitrogens is 1. The van der Waals surface area contributed by atoms with Gasteiger partial charge < -0.3 is 14.0 Å². The van der Waals surface area contributed by atoms with E-state index in [-0.39, 0.29) is 0 Å². The van der Waals surface area contributed by atoms with Crippen molar-refractivity contribution in [3.8, 4) is 5.75 Å². The molecular formula is C19H28N2O2. The fourth-order valence-corrected chi connectivity index (χ4v) is 3.79. The number of fused-ring (bicyclic) bond motifs is 1. The number of ether oxygens (including phenoxy) is 2. The molecule has 1 aromatic carbocycles. The van der Waals surface area contributed by atoms with Gasteiger partial charge in [0.15, 0.2) is 0 Å². The summed E-state index contributed by atoms with van der Waals surface area (Å²) >= 11 is 0. The molecule has 0 spiro atoms. The summed E-state index contributed by atoms with van der Waals surface area (Å²) < 4.78 is 13.6. The third-order valence-electron chi connectivity index (χ3n) is 4.95. The van der Waals surface area contributed by atoms with Crippen LogP contribution in [-0.2, 0) is 18.3 Å². The van der Waals surface area contributed by atoms with Crippen LogP contribution in [0, 0.1) is 6.92 Å². The van der Waals surface area contributed by atoms with Crippen molar-refractivity contribution in [3.63, 3.8) is 0 Å². The number of benzene rings is 1. The number of hydrogen-bond donors (Lipinski definition) is 0. The molecule has 1 aliphatic heterocycles. The zero-order valence-corrected chi connectivity index (χ0v) is 14.8. The zero-order chi connectivity index (χ0) is 16.4. The number of likely N-dealkylation sites (tertiary alicyclic amines) is 1. The molecule has 0 aliphatic carbocycles. The fraction of sp³-hybridized carbons (Fsp3) is 0.579. The van der Waals surface area contributed by atoms with Crippen LogP contribution in [-0.4, -0.2) is 42.4 Å². The van der Waals surface area contributed by atoms with E-state index in [1.165, 1.54) is 22.0 Å². The summed E-state index contributed by atoms with van der Waals surface area (Å²) in [4.78, 5) is 2.52. The van der Waals surface area contributed by atoms with Crippen molar-refractivity contribution < 1.29 is 9.47 Å². The second-order valence-electron chi connectivity index (χ2n) is 6.49. The maximum absolute atomic E-state index is 5.76. The fourth-order valence-electron chi connectivity index (χ4n) is 3.79. The van der Waals surface area contributed by atoms with Gasteiger partial charge in [0, 0.05) is 50.4 Å². The van der Waals surface area contributed by atoms with Crippen LogP contribution < -0.4 is 4.74 Å². The van der Waals surface area contributed by atoms with Crippen molar-refractivity contribution >= 4 is 10.9 Å². The zero-order valence-electron chi connectivity index (χ0n) is 14.8. The van der Waals surface area contributed by atoms with E-state index >= 15 is 0 Å². The molecule has 126 valence electrons. The number of hydrogen-bond acceptors (Lipinski definition) is 3. The molecule has 1 aliphatic rings. The predicted octanol–water partition coefficient (Wildman–Crippen LogP) is 3.50. The van der Waals surface area contributed by atoms with E-state index in [9.17, 15) is 0 Å². The minimum atomic E-state index is 0.438. The Kier molecular flexibility index (Phi) is 4.93. The van der Waals surface area contributed by atoms with E-state index in [4.69, 9.17) is 9.47 Å². The Bertz CT molecular complexity index is 670. The van der Waals surface area contributed by atoms with Crippen LogP contribution in [0.3, 0.4) is 0 Å². The summed E-state index contributed by atoms with van der Waals surface area (Å²) in [6.07, 6.45) is 4.83. The Morgan fingerprint density at radius 2 is 2.00 bits per heavy atom. The summed E-state index contributed by atoms with van der Waals surface area (Å²) in [5, 5.41) is 1.32. The molecule has 2 heterocycles. The Hall–Kier alpha value is -1.52. The lowest BCUT2D eigenvalue weighted by atomic mass is 10.0. The van der Waals surface area contributed by atoms with Gasteiger partial charge in [-0.25, -0.2) is 0 Å².